The highest BCUT2D eigenvalue weighted by Gasteiger charge is 2.46. The summed E-state index contributed by atoms with van der Waals surface area (Å²) in [5.74, 6) is -1.31. The highest BCUT2D eigenvalue weighted by atomic mass is 35.5. The number of nitrogens with zero attached hydrogens (tertiary/aromatic N) is 9. The number of piperidine rings is 3. The maximum absolute atomic E-state index is 13.5. The number of nitriles is 1. The summed E-state index contributed by atoms with van der Waals surface area (Å²) in [6.07, 6.45) is 5.12. The Bertz CT molecular complexity index is 2240. The van der Waals surface area contributed by atoms with Crippen molar-refractivity contribution in [3.05, 3.63) is 75.9 Å². The SMILES string of the molecule is C[C@H]1CC2(CCN(c3ccc(C(=O)N4CCC(N5CCN(c6ccc7c(c6)C(=O)N(C6CCC(=O)NC6=O)C7=O)CC5)CC4)nn3)CC2)CN1c1ccc(C#N)c(Cl)c1. The standard InChI is InChI=1S/C43H47ClN10O5/c1-27-24-43(26-53(27)31-3-2-28(25-45)34(44)23-31)12-16-51(17-13-43)37-8-6-35(47-48-37)42(59)52-14-10-29(11-15-52)49-18-20-50(21-19-49)30-4-5-32-33(22-30)41(58)54(40(32)57)36-7-9-38(55)46-39(36)56/h2-6,8,22-23,27,29,36H,7,9-21,24,26H2,1H3,(H,46,55,56)/t27-,36?/m0/s1. The van der Waals surface area contributed by atoms with E-state index in [-0.39, 0.29) is 35.3 Å². The van der Waals surface area contributed by atoms with Crippen LogP contribution in [0.4, 0.5) is 17.2 Å². The maximum atomic E-state index is 13.5. The zero-order valence-electron chi connectivity index (χ0n) is 33.1. The molecule has 0 aliphatic carbocycles. The van der Waals surface area contributed by atoms with Crippen LogP contribution >= 0.6 is 11.6 Å². The van der Waals surface area contributed by atoms with E-state index >= 15 is 0 Å². The van der Waals surface area contributed by atoms with Crippen LogP contribution in [0.5, 0.6) is 0 Å². The van der Waals surface area contributed by atoms with Gasteiger partial charge in [-0.05, 0) is 99.4 Å². The molecule has 1 unspecified atom stereocenters. The number of nitrogens with one attached hydrogen (secondary N) is 1. The van der Waals surface area contributed by atoms with Crippen LogP contribution in [0.25, 0.3) is 0 Å². The lowest BCUT2D eigenvalue weighted by atomic mass is 9.77. The Morgan fingerprint density at radius 2 is 1.56 bits per heavy atom. The zero-order valence-corrected chi connectivity index (χ0v) is 33.9. The fourth-order valence-electron chi connectivity index (χ4n) is 10.2. The number of carbonyl (C=O) groups excluding carboxylic acids is 5. The Morgan fingerprint density at radius 1 is 0.831 bits per heavy atom. The second kappa shape index (κ2) is 15.5. The molecular formula is C43H47ClN10O5. The van der Waals surface area contributed by atoms with Crippen molar-refractivity contribution in [2.24, 2.45) is 5.41 Å². The van der Waals surface area contributed by atoms with E-state index in [0.29, 0.717) is 41.5 Å². The number of imide groups is 2. The van der Waals surface area contributed by atoms with Gasteiger partial charge < -0.3 is 19.6 Å². The number of likely N-dealkylation sites (tertiary alicyclic amines) is 1. The summed E-state index contributed by atoms with van der Waals surface area (Å²) in [5, 5.41) is 20.9. The Kier molecular flexibility index (Phi) is 10.2. The van der Waals surface area contributed by atoms with Crippen molar-refractivity contribution in [1.29, 1.82) is 5.26 Å². The Hall–Kier alpha value is -5.59. The van der Waals surface area contributed by atoms with Crippen molar-refractivity contribution in [3.8, 4) is 6.07 Å². The van der Waals surface area contributed by atoms with E-state index in [1.165, 1.54) is 0 Å². The first-order valence-corrected chi connectivity index (χ1v) is 21.1. The van der Waals surface area contributed by atoms with Crippen molar-refractivity contribution in [3.63, 3.8) is 0 Å². The molecule has 59 heavy (non-hydrogen) atoms. The summed E-state index contributed by atoms with van der Waals surface area (Å²) in [4.78, 5) is 76.4. The molecule has 0 saturated carbocycles. The highest BCUT2D eigenvalue weighted by Crippen LogP contribution is 2.46. The lowest BCUT2D eigenvalue weighted by Crippen LogP contribution is -2.54. The first-order valence-electron chi connectivity index (χ1n) is 20.7. The van der Waals surface area contributed by atoms with Gasteiger partial charge in [-0.2, -0.15) is 5.26 Å². The first-order chi connectivity index (χ1) is 28.5. The summed E-state index contributed by atoms with van der Waals surface area (Å²) in [5.41, 5.74) is 3.55. The van der Waals surface area contributed by atoms with E-state index in [4.69, 9.17) is 11.6 Å². The van der Waals surface area contributed by atoms with Crippen molar-refractivity contribution in [1.82, 2.24) is 30.2 Å². The van der Waals surface area contributed by atoms with Gasteiger partial charge in [0.25, 0.3) is 17.7 Å². The molecule has 5 amide bonds. The Morgan fingerprint density at radius 3 is 2.24 bits per heavy atom. The maximum Gasteiger partial charge on any atom is 0.274 e. The molecule has 15 nitrogen and oxygen atoms in total. The van der Waals surface area contributed by atoms with Crippen LogP contribution in [0.15, 0.2) is 48.5 Å². The number of benzene rings is 2. The molecule has 0 bridgehead atoms. The number of fused-ring (bicyclic) bond motifs is 1. The molecule has 7 heterocycles. The molecule has 9 rings (SSSR count). The lowest BCUT2D eigenvalue weighted by molar-refractivity contribution is -0.136. The minimum Gasteiger partial charge on any atom is -0.369 e. The number of carbonyl (C=O) groups is 5. The smallest absolute Gasteiger partial charge is 0.274 e. The number of piperazine rings is 1. The second-order valence-corrected chi connectivity index (χ2v) is 17.4. The number of aromatic nitrogens is 2. The zero-order chi connectivity index (χ0) is 41.0. The van der Waals surface area contributed by atoms with E-state index in [1.54, 1.807) is 18.2 Å². The molecule has 306 valence electrons. The topological polar surface area (TPSA) is 166 Å². The quantitative estimate of drug-likeness (QED) is 0.359. The van der Waals surface area contributed by atoms with E-state index in [9.17, 15) is 29.2 Å². The van der Waals surface area contributed by atoms with E-state index in [2.05, 4.69) is 48.1 Å². The van der Waals surface area contributed by atoms with Gasteiger partial charge in [0.15, 0.2) is 11.5 Å². The molecule has 3 aromatic rings. The third kappa shape index (κ3) is 7.26. The molecule has 5 fully saturated rings. The van der Waals surface area contributed by atoms with Crippen molar-refractivity contribution < 1.29 is 24.0 Å². The van der Waals surface area contributed by atoms with Crippen molar-refractivity contribution in [2.75, 3.05) is 73.6 Å². The van der Waals surface area contributed by atoms with Gasteiger partial charge in [0.2, 0.25) is 11.8 Å². The van der Waals surface area contributed by atoms with Gasteiger partial charge in [-0.1, -0.05) is 11.6 Å². The largest absolute Gasteiger partial charge is 0.369 e. The van der Waals surface area contributed by atoms with Crippen LogP contribution in [-0.4, -0.2) is 131 Å². The van der Waals surface area contributed by atoms with Gasteiger partial charge in [-0.25, -0.2) is 0 Å². The van der Waals surface area contributed by atoms with Gasteiger partial charge in [0, 0.05) is 88.8 Å². The van der Waals surface area contributed by atoms with Crippen LogP contribution < -0.4 is 20.0 Å². The Labute approximate surface area is 347 Å². The summed E-state index contributed by atoms with van der Waals surface area (Å²) in [7, 11) is 0. The molecular weight excluding hydrogens is 772 g/mol. The number of anilines is 3. The number of hydrogen-bond acceptors (Lipinski definition) is 12. The average molecular weight is 819 g/mol. The summed E-state index contributed by atoms with van der Waals surface area (Å²) >= 11 is 6.37. The molecule has 0 radical (unpaired) electrons. The molecule has 5 saturated heterocycles. The van der Waals surface area contributed by atoms with Gasteiger partial charge in [-0.15, -0.1) is 10.2 Å². The average Bonchev–Trinajstić information content (AvgIpc) is 3.71. The number of amides is 5. The van der Waals surface area contributed by atoms with Gasteiger partial charge in [0.1, 0.15) is 12.1 Å². The molecule has 1 aromatic heterocycles. The van der Waals surface area contributed by atoms with Gasteiger partial charge in [0.05, 0.1) is 21.7 Å². The summed E-state index contributed by atoms with van der Waals surface area (Å²) < 4.78 is 0. The molecule has 1 spiro atoms. The van der Waals surface area contributed by atoms with Crippen LogP contribution in [0, 0.1) is 16.7 Å². The Balaban J connectivity index is 0.736. The molecule has 2 atom stereocenters. The molecule has 16 heteroatoms. The predicted molar refractivity (Wildman–Crippen MR) is 219 cm³/mol. The molecule has 6 aliphatic heterocycles. The fraction of sp³-hybridized carbons (Fsp3) is 0.488. The molecule has 6 aliphatic rings. The minimum atomic E-state index is -0.986. The first kappa shape index (κ1) is 38.9. The van der Waals surface area contributed by atoms with Crippen molar-refractivity contribution >= 4 is 58.3 Å². The van der Waals surface area contributed by atoms with Crippen LogP contribution in [0.2, 0.25) is 5.02 Å². The van der Waals surface area contributed by atoms with Gasteiger partial charge in [-0.3, -0.25) is 39.1 Å². The molecule has 2 aromatic carbocycles. The van der Waals surface area contributed by atoms with Crippen molar-refractivity contribution in [2.45, 2.75) is 70.0 Å². The fourth-order valence-corrected chi connectivity index (χ4v) is 10.4. The third-order valence-corrected chi connectivity index (χ3v) is 13.9. The number of halogens is 1. The van der Waals surface area contributed by atoms with Crippen LogP contribution in [0.1, 0.15) is 88.6 Å². The lowest BCUT2D eigenvalue weighted by Gasteiger charge is -2.43. The summed E-state index contributed by atoms with van der Waals surface area (Å²) in [6.45, 7) is 9.42. The van der Waals surface area contributed by atoms with Crippen LogP contribution in [-0.2, 0) is 9.59 Å². The molecule has 1 N–H and O–H groups in total. The third-order valence-electron chi connectivity index (χ3n) is 13.6. The van der Waals surface area contributed by atoms with Gasteiger partial charge >= 0.3 is 0 Å². The monoisotopic (exact) mass is 818 g/mol. The number of hydrogen-bond donors (Lipinski definition) is 1. The minimum absolute atomic E-state index is 0.0825. The van der Waals surface area contributed by atoms with Crippen LogP contribution in [0.3, 0.4) is 0 Å². The predicted octanol–water partition coefficient (Wildman–Crippen LogP) is 3.72. The second-order valence-electron chi connectivity index (χ2n) is 16.9. The number of rotatable bonds is 6. The highest BCUT2D eigenvalue weighted by molar-refractivity contribution is 6.32. The van der Waals surface area contributed by atoms with E-state index < -0.39 is 29.7 Å². The van der Waals surface area contributed by atoms with E-state index in [1.807, 2.05) is 35.2 Å². The van der Waals surface area contributed by atoms with E-state index in [0.717, 1.165) is 100 Å². The summed E-state index contributed by atoms with van der Waals surface area (Å²) in [6, 6.07) is 16.6. The normalized spacial score (nSPS) is 23.8.